The van der Waals surface area contributed by atoms with Crippen molar-refractivity contribution < 1.29 is 18.3 Å². The summed E-state index contributed by atoms with van der Waals surface area (Å²) in [5.41, 5.74) is 0. The van der Waals surface area contributed by atoms with E-state index in [1.165, 1.54) is 6.08 Å². The number of halogens is 2. The van der Waals surface area contributed by atoms with Gasteiger partial charge in [0.1, 0.15) is 6.10 Å². The van der Waals surface area contributed by atoms with Crippen molar-refractivity contribution in [2.75, 3.05) is 0 Å². The summed E-state index contributed by atoms with van der Waals surface area (Å²) in [7, 11) is 0. The predicted octanol–water partition coefficient (Wildman–Crippen LogP) is 1.12. The van der Waals surface area contributed by atoms with Crippen LogP contribution in [-0.4, -0.2) is 18.0 Å². The first kappa shape index (κ1) is 6.76. The van der Waals surface area contributed by atoms with E-state index in [1.807, 2.05) is 0 Å². The largest absolute Gasteiger partial charge is 0.457 e. The van der Waals surface area contributed by atoms with Gasteiger partial charge in [0.05, 0.1) is 5.92 Å². The maximum Gasteiger partial charge on any atom is 0.378 e. The molecule has 0 bridgehead atoms. The highest BCUT2D eigenvalue weighted by Crippen LogP contribution is 2.42. The van der Waals surface area contributed by atoms with Crippen molar-refractivity contribution in [3.05, 3.63) is 12.2 Å². The van der Waals surface area contributed by atoms with Crippen molar-refractivity contribution in [1.29, 1.82) is 0 Å². The zero-order valence-electron chi connectivity index (χ0n) is 5.59. The van der Waals surface area contributed by atoms with E-state index in [9.17, 15) is 13.6 Å². The van der Waals surface area contributed by atoms with Crippen molar-refractivity contribution in [3.8, 4) is 0 Å². The molecule has 0 aromatic heterocycles. The van der Waals surface area contributed by atoms with Gasteiger partial charge in [0, 0.05) is 6.42 Å². The molecule has 0 aromatic carbocycles. The molecule has 11 heavy (non-hydrogen) atoms. The number of esters is 1. The molecule has 0 radical (unpaired) electrons. The summed E-state index contributed by atoms with van der Waals surface area (Å²) in [5.74, 6) is -5.69. The van der Waals surface area contributed by atoms with E-state index >= 15 is 0 Å². The number of carbonyl (C=O) groups excluding carboxylic acids is 1. The molecule has 0 saturated carbocycles. The van der Waals surface area contributed by atoms with Gasteiger partial charge < -0.3 is 4.74 Å². The molecular formula is C7H6F2O2. The Morgan fingerprint density at radius 2 is 2.36 bits per heavy atom. The molecule has 60 valence electrons. The van der Waals surface area contributed by atoms with Crippen LogP contribution in [0.1, 0.15) is 6.42 Å². The fourth-order valence-electron chi connectivity index (χ4n) is 1.46. The van der Waals surface area contributed by atoms with Gasteiger partial charge in [-0.15, -0.1) is 0 Å². The van der Waals surface area contributed by atoms with E-state index in [4.69, 9.17) is 0 Å². The van der Waals surface area contributed by atoms with Crippen LogP contribution in [0.4, 0.5) is 8.78 Å². The van der Waals surface area contributed by atoms with Gasteiger partial charge in [0.25, 0.3) is 0 Å². The molecule has 2 nitrogen and oxygen atoms in total. The van der Waals surface area contributed by atoms with Crippen molar-refractivity contribution in [2.45, 2.75) is 18.4 Å². The zero-order chi connectivity index (χ0) is 8.06. The minimum Gasteiger partial charge on any atom is -0.457 e. The molecule has 0 N–H and O–H groups in total. The number of hydrogen-bond donors (Lipinski definition) is 0. The molecule has 1 aliphatic carbocycles. The lowest BCUT2D eigenvalue weighted by molar-refractivity contribution is -0.160. The van der Waals surface area contributed by atoms with E-state index in [2.05, 4.69) is 4.74 Å². The van der Waals surface area contributed by atoms with Gasteiger partial charge in [-0.2, -0.15) is 8.78 Å². The third-order valence-corrected chi connectivity index (χ3v) is 2.06. The average Bonchev–Trinajstić information content (AvgIpc) is 2.41. The van der Waals surface area contributed by atoms with Gasteiger partial charge in [-0.05, 0) is 0 Å². The normalized spacial score (nSPS) is 38.9. The van der Waals surface area contributed by atoms with Crippen LogP contribution in [0.2, 0.25) is 0 Å². The van der Waals surface area contributed by atoms with Crippen molar-refractivity contribution in [1.82, 2.24) is 0 Å². The number of rotatable bonds is 0. The fraction of sp³-hybridized carbons (Fsp3) is 0.571. The van der Waals surface area contributed by atoms with Crippen molar-refractivity contribution >= 4 is 5.97 Å². The number of fused-ring (bicyclic) bond motifs is 1. The molecule has 2 atom stereocenters. The molecule has 1 heterocycles. The average molecular weight is 160 g/mol. The molecule has 2 unspecified atom stereocenters. The Labute approximate surface area is 61.8 Å². The van der Waals surface area contributed by atoms with Crippen molar-refractivity contribution in [2.24, 2.45) is 5.92 Å². The SMILES string of the molecule is O=C1OC2CC=CC2C1(F)F. The summed E-state index contributed by atoms with van der Waals surface area (Å²) >= 11 is 0. The maximum atomic E-state index is 12.8. The second kappa shape index (κ2) is 1.81. The molecule has 2 aliphatic rings. The number of carbonyl (C=O) groups is 1. The molecule has 4 heteroatoms. The van der Waals surface area contributed by atoms with Gasteiger partial charge in [-0.1, -0.05) is 12.2 Å². The highest BCUT2D eigenvalue weighted by atomic mass is 19.3. The topological polar surface area (TPSA) is 26.3 Å². The lowest BCUT2D eigenvalue weighted by Gasteiger charge is -2.09. The van der Waals surface area contributed by atoms with Crippen LogP contribution < -0.4 is 0 Å². The molecule has 1 fully saturated rings. The first-order valence-corrected chi connectivity index (χ1v) is 3.38. The zero-order valence-corrected chi connectivity index (χ0v) is 5.59. The van der Waals surface area contributed by atoms with Crippen molar-refractivity contribution in [3.63, 3.8) is 0 Å². The Bertz CT molecular complexity index is 235. The molecule has 2 rings (SSSR count). The second-order valence-electron chi connectivity index (χ2n) is 2.76. The Morgan fingerprint density at radius 3 is 3.00 bits per heavy atom. The summed E-state index contributed by atoms with van der Waals surface area (Å²) in [6.45, 7) is 0. The van der Waals surface area contributed by atoms with E-state index < -0.39 is 23.9 Å². The van der Waals surface area contributed by atoms with Crippen LogP contribution in [0.5, 0.6) is 0 Å². The number of hydrogen-bond acceptors (Lipinski definition) is 2. The van der Waals surface area contributed by atoms with Crippen LogP contribution >= 0.6 is 0 Å². The maximum absolute atomic E-state index is 12.8. The monoisotopic (exact) mass is 160 g/mol. The summed E-state index contributed by atoms with van der Waals surface area (Å²) < 4.78 is 30.0. The smallest absolute Gasteiger partial charge is 0.378 e. The molecular weight excluding hydrogens is 154 g/mol. The molecule has 0 aromatic rings. The van der Waals surface area contributed by atoms with Crippen LogP contribution in [0.3, 0.4) is 0 Å². The molecule has 1 aliphatic heterocycles. The Hall–Kier alpha value is -0.930. The van der Waals surface area contributed by atoms with Crippen LogP contribution in [-0.2, 0) is 9.53 Å². The Balaban J connectivity index is 2.34. The van der Waals surface area contributed by atoms with E-state index in [0.29, 0.717) is 6.42 Å². The molecule has 0 spiro atoms. The Morgan fingerprint density at radius 1 is 1.64 bits per heavy atom. The Kier molecular flexibility index (Phi) is 1.11. The highest BCUT2D eigenvalue weighted by molar-refractivity contribution is 5.81. The van der Waals surface area contributed by atoms with Crippen LogP contribution in [0.15, 0.2) is 12.2 Å². The summed E-state index contributed by atoms with van der Waals surface area (Å²) in [5, 5.41) is 0. The second-order valence-corrected chi connectivity index (χ2v) is 2.76. The quantitative estimate of drug-likeness (QED) is 0.392. The minimum atomic E-state index is -3.29. The van der Waals surface area contributed by atoms with Gasteiger partial charge in [-0.25, -0.2) is 4.79 Å². The van der Waals surface area contributed by atoms with E-state index in [-0.39, 0.29) is 0 Å². The highest BCUT2D eigenvalue weighted by Gasteiger charge is 2.59. The third-order valence-electron chi connectivity index (χ3n) is 2.06. The van der Waals surface area contributed by atoms with Gasteiger partial charge >= 0.3 is 11.9 Å². The first-order chi connectivity index (χ1) is 5.12. The van der Waals surface area contributed by atoms with Crippen LogP contribution in [0.25, 0.3) is 0 Å². The minimum absolute atomic E-state index is 0.423. The standard InChI is InChI=1S/C7H6F2O2/c8-7(9)4-2-1-3-5(4)11-6(7)10/h1-2,4-5H,3H2. The predicted molar refractivity (Wildman–Crippen MR) is 32.1 cm³/mol. The number of alkyl halides is 2. The summed E-state index contributed by atoms with van der Waals surface area (Å²) in [4.78, 5) is 10.5. The lowest BCUT2D eigenvalue weighted by Crippen LogP contribution is -2.29. The summed E-state index contributed by atoms with van der Waals surface area (Å²) in [6.07, 6.45) is 2.79. The van der Waals surface area contributed by atoms with Gasteiger partial charge in [0.15, 0.2) is 0 Å². The van der Waals surface area contributed by atoms with Crippen LogP contribution in [0, 0.1) is 5.92 Å². The molecule has 0 amide bonds. The third kappa shape index (κ3) is 0.721. The lowest BCUT2D eigenvalue weighted by atomic mass is 10.0. The molecule has 1 saturated heterocycles. The van der Waals surface area contributed by atoms with E-state index in [0.717, 1.165) is 0 Å². The van der Waals surface area contributed by atoms with E-state index in [1.54, 1.807) is 6.08 Å². The van der Waals surface area contributed by atoms with Gasteiger partial charge in [-0.3, -0.25) is 0 Å². The summed E-state index contributed by atoms with van der Waals surface area (Å²) in [6, 6.07) is 0. The van der Waals surface area contributed by atoms with Gasteiger partial charge in [0.2, 0.25) is 0 Å². The first-order valence-electron chi connectivity index (χ1n) is 3.38. The number of ether oxygens (including phenoxy) is 1. The fourth-order valence-corrected chi connectivity index (χ4v) is 1.46.